The van der Waals surface area contributed by atoms with Crippen LogP contribution in [0.25, 0.3) is 0 Å². The molecule has 0 spiro atoms. The highest BCUT2D eigenvalue weighted by Gasteiger charge is 1.99. The Morgan fingerprint density at radius 1 is 0.708 bits per heavy atom. The molecule has 3 nitrogen and oxygen atoms in total. The van der Waals surface area contributed by atoms with Crippen LogP contribution >= 0.6 is 0 Å². The van der Waals surface area contributed by atoms with Crippen LogP contribution in [0.15, 0.2) is 18.2 Å². The summed E-state index contributed by atoms with van der Waals surface area (Å²) in [6, 6.07) is 6.72. The molecule has 1 aromatic carbocycles. The Morgan fingerprint density at radius 2 is 1.25 bits per heavy atom. The molecule has 1 aromatic rings. The summed E-state index contributed by atoms with van der Waals surface area (Å²) in [4.78, 5) is 0. The van der Waals surface area contributed by atoms with E-state index < -0.39 is 0 Å². The third-order valence-corrected chi connectivity index (χ3v) is 4.20. The quantitative estimate of drug-likeness (QED) is 0.428. The van der Waals surface area contributed by atoms with Gasteiger partial charge in [0.2, 0.25) is 0 Å². The molecule has 0 aromatic heterocycles. The lowest BCUT2D eigenvalue weighted by Crippen LogP contribution is -2.02. The lowest BCUT2D eigenvalue weighted by Gasteiger charge is -2.08. The van der Waals surface area contributed by atoms with E-state index in [0.717, 1.165) is 71.6 Å². The summed E-state index contributed by atoms with van der Waals surface area (Å²) in [5.74, 6) is 0. The fraction of sp³-hybridized carbons (Fsp3) is 0.714. The van der Waals surface area contributed by atoms with E-state index in [2.05, 4.69) is 32.0 Å². The van der Waals surface area contributed by atoms with Crippen LogP contribution in [0, 0.1) is 13.8 Å². The molecule has 3 heteroatoms. The van der Waals surface area contributed by atoms with Gasteiger partial charge in [-0.2, -0.15) is 0 Å². The van der Waals surface area contributed by atoms with Gasteiger partial charge >= 0.3 is 0 Å². The fourth-order valence-electron chi connectivity index (χ4n) is 2.65. The SMILES string of the molecule is COCCCCOCCCCOCCCCc1cc(C)ccc1C. The second-order valence-corrected chi connectivity index (χ2v) is 6.52. The van der Waals surface area contributed by atoms with Crippen LogP contribution in [0.3, 0.4) is 0 Å². The average Bonchev–Trinajstić information content (AvgIpc) is 2.58. The largest absolute Gasteiger partial charge is 0.385 e. The zero-order chi connectivity index (χ0) is 17.5. The minimum Gasteiger partial charge on any atom is -0.385 e. The summed E-state index contributed by atoms with van der Waals surface area (Å²) in [5.41, 5.74) is 4.24. The number of methoxy groups -OCH3 is 1. The summed E-state index contributed by atoms with van der Waals surface area (Å²) in [6.45, 7) is 8.63. The molecule has 0 atom stereocenters. The van der Waals surface area contributed by atoms with Crippen LogP contribution in [0.1, 0.15) is 55.2 Å². The van der Waals surface area contributed by atoms with Crippen LogP contribution in [0.2, 0.25) is 0 Å². The van der Waals surface area contributed by atoms with Gasteiger partial charge < -0.3 is 14.2 Å². The van der Waals surface area contributed by atoms with E-state index in [9.17, 15) is 0 Å². The monoisotopic (exact) mass is 336 g/mol. The van der Waals surface area contributed by atoms with Gasteiger partial charge in [0.15, 0.2) is 0 Å². The maximum atomic E-state index is 5.71. The van der Waals surface area contributed by atoms with E-state index in [1.165, 1.54) is 23.1 Å². The fourth-order valence-corrected chi connectivity index (χ4v) is 2.65. The second kappa shape index (κ2) is 14.4. The van der Waals surface area contributed by atoms with Gasteiger partial charge in [-0.1, -0.05) is 23.8 Å². The molecule has 0 saturated heterocycles. The predicted octanol–water partition coefficient (Wildman–Crippen LogP) is 4.87. The minimum atomic E-state index is 0.834. The molecular formula is C21H36O3. The number of aryl methyl sites for hydroxylation is 3. The molecule has 0 aliphatic rings. The second-order valence-electron chi connectivity index (χ2n) is 6.52. The van der Waals surface area contributed by atoms with E-state index in [0.29, 0.717) is 0 Å². The molecule has 24 heavy (non-hydrogen) atoms. The van der Waals surface area contributed by atoms with E-state index in [1.54, 1.807) is 7.11 Å². The Morgan fingerprint density at radius 3 is 1.83 bits per heavy atom. The third-order valence-electron chi connectivity index (χ3n) is 4.20. The van der Waals surface area contributed by atoms with Crippen molar-refractivity contribution in [1.82, 2.24) is 0 Å². The summed E-state index contributed by atoms with van der Waals surface area (Å²) >= 11 is 0. The minimum absolute atomic E-state index is 0.834. The van der Waals surface area contributed by atoms with Crippen molar-refractivity contribution in [2.24, 2.45) is 0 Å². The Bertz CT molecular complexity index is 418. The Balaban J connectivity index is 1.85. The van der Waals surface area contributed by atoms with E-state index >= 15 is 0 Å². The number of ether oxygens (including phenoxy) is 3. The van der Waals surface area contributed by atoms with Crippen molar-refractivity contribution >= 4 is 0 Å². The van der Waals surface area contributed by atoms with Crippen molar-refractivity contribution in [2.45, 2.75) is 58.8 Å². The first-order chi connectivity index (χ1) is 11.7. The Labute approximate surface area is 148 Å². The zero-order valence-corrected chi connectivity index (χ0v) is 15.9. The molecule has 0 N–H and O–H groups in total. The van der Waals surface area contributed by atoms with E-state index in [4.69, 9.17) is 14.2 Å². The van der Waals surface area contributed by atoms with Gasteiger partial charge in [0.1, 0.15) is 0 Å². The van der Waals surface area contributed by atoms with Crippen molar-refractivity contribution < 1.29 is 14.2 Å². The van der Waals surface area contributed by atoms with Gasteiger partial charge in [0, 0.05) is 40.1 Å². The van der Waals surface area contributed by atoms with Crippen molar-refractivity contribution in [3.8, 4) is 0 Å². The van der Waals surface area contributed by atoms with Crippen molar-refractivity contribution in [3.63, 3.8) is 0 Å². The van der Waals surface area contributed by atoms with Crippen LogP contribution < -0.4 is 0 Å². The smallest absolute Gasteiger partial charge is 0.0466 e. The first-order valence-corrected chi connectivity index (χ1v) is 9.44. The van der Waals surface area contributed by atoms with Gasteiger partial charge in [0.25, 0.3) is 0 Å². The maximum Gasteiger partial charge on any atom is 0.0466 e. The highest BCUT2D eigenvalue weighted by atomic mass is 16.5. The zero-order valence-electron chi connectivity index (χ0n) is 15.9. The maximum absolute atomic E-state index is 5.71. The Kier molecular flexibility index (Phi) is 12.7. The molecule has 0 bridgehead atoms. The lowest BCUT2D eigenvalue weighted by atomic mass is 10.0. The number of hydrogen-bond donors (Lipinski definition) is 0. The molecule has 138 valence electrons. The van der Waals surface area contributed by atoms with Gasteiger partial charge in [-0.15, -0.1) is 0 Å². The molecule has 0 aliphatic carbocycles. The lowest BCUT2D eigenvalue weighted by molar-refractivity contribution is 0.0957. The number of hydrogen-bond acceptors (Lipinski definition) is 3. The van der Waals surface area contributed by atoms with Crippen molar-refractivity contribution in [3.05, 3.63) is 34.9 Å². The van der Waals surface area contributed by atoms with Crippen LogP contribution in [-0.4, -0.2) is 40.1 Å². The van der Waals surface area contributed by atoms with Crippen molar-refractivity contribution in [2.75, 3.05) is 40.1 Å². The molecule has 0 fully saturated rings. The van der Waals surface area contributed by atoms with E-state index in [-0.39, 0.29) is 0 Å². The highest BCUT2D eigenvalue weighted by Crippen LogP contribution is 2.13. The number of unbranched alkanes of at least 4 members (excludes halogenated alkanes) is 3. The first-order valence-electron chi connectivity index (χ1n) is 9.44. The summed E-state index contributed by atoms with van der Waals surface area (Å²) < 4.78 is 16.3. The predicted molar refractivity (Wildman–Crippen MR) is 101 cm³/mol. The van der Waals surface area contributed by atoms with E-state index in [1.807, 2.05) is 0 Å². The van der Waals surface area contributed by atoms with Crippen molar-refractivity contribution in [1.29, 1.82) is 0 Å². The molecule has 0 radical (unpaired) electrons. The van der Waals surface area contributed by atoms with Gasteiger partial charge in [0.05, 0.1) is 0 Å². The molecule has 0 unspecified atom stereocenters. The summed E-state index contributed by atoms with van der Waals surface area (Å²) in [5, 5.41) is 0. The Hall–Kier alpha value is -0.900. The topological polar surface area (TPSA) is 27.7 Å². The van der Waals surface area contributed by atoms with Gasteiger partial charge in [-0.3, -0.25) is 0 Å². The summed E-state index contributed by atoms with van der Waals surface area (Å²) in [7, 11) is 1.74. The van der Waals surface area contributed by atoms with Crippen LogP contribution in [0.4, 0.5) is 0 Å². The van der Waals surface area contributed by atoms with Crippen LogP contribution in [-0.2, 0) is 20.6 Å². The number of benzene rings is 1. The normalized spacial score (nSPS) is 11.1. The standard InChI is InChI=1S/C21H36O3/c1-19-11-12-20(2)21(18-19)10-4-5-14-23-16-8-9-17-24-15-7-6-13-22-3/h11-12,18H,4-10,13-17H2,1-3H3. The highest BCUT2D eigenvalue weighted by molar-refractivity contribution is 5.30. The molecular weight excluding hydrogens is 300 g/mol. The first kappa shape index (κ1) is 21.1. The molecule has 1 rings (SSSR count). The summed E-state index contributed by atoms with van der Waals surface area (Å²) in [6.07, 6.45) is 7.86. The molecule has 0 amide bonds. The van der Waals surface area contributed by atoms with Crippen LogP contribution in [0.5, 0.6) is 0 Å². The molecule has 0 saturated carbocycles. The number of rotatable bonds is 15. The van der Waals surface area contributed by atoms with Gasteiger partial charge in [-0.25, -0.2) is 0 Å². The third kappa shape index (κ3) is 10.8. The van der Waals surface area contributed by atoms with Gasteiger partial charge in [-0.05, 0) is 69.9 Å². The molecule has 0 heterocycles. The average molecular weight is 337 g/mol. The molecule has 0 aliphatic heterocycles.